The van der Waals surface area contributed by atoms with Crippen LogP contribution in [0.1, 0.15) is 43.6 Å². The van der Waals surface area contributed by atoms with Gasteiger partial charge in [-0.2, -0.15) is 0 Å². The van der Waals surface area contributed by atoms with Gasteiger partial charge < -0.3 is 0 Å². The quantitative estimate of drug-likeness (QED) is 0.772. The van der Waals surface area contributed by atoms with E-state index in [1.165, 1.54) is 10.9 Å². The zero-order valence-electron chi connectivity index (χ0n) is 13.2. The second-order valence-electron chi connectivity index (χ2n) is 6.98. The molecule has 1 saturated heterocycles. The van der Waals surface area contributed by atoms with E-state index in [4.69, 9.17) is 11.6 Å². The molecule has 2 aliphatic rings. The van der Waals surface area contributed by atoms with E-state index < -0.39 is 6.17 Å². The maximum absolute atomic E-state index is 13.4. The highest BCUT2D eigenvalue weighted by atomic mass is 35.5. The summed E-state index contributed by atoms with van der Waals surface area (Å²) in [6.45, 7) is 1.57. The summed E-state index contributed by atoms with van der Waals surface area (Å²) in [7, 11) is 0. The Morgan fingerprint density at radius 2 is 1.91 bits per heavy atom. The molecular weight excluding hydrogens is 311 g/mol. The first-order valence-corrected chi connectivity index (χ1v) is 9.00. The Kier molecular flexibility index (Phi) is 4.25. The third kappa shape index (κ3) is 3.09. The summed E-state index contributed by atoms with van der Waals surface area (Å²) in [6, 6.07) is 6.89. The van der Waals surface area contributed by atoms with Crippen molar-refractivity contribution in [2.45, 2.75) is 50.2 Å². The van der Waals surface area contributed by atoms with Gasteiger partial charge in [-0.05, 0) is 67.2 Å². The van der Waals surface area contributed by atoms with Crippen molar-refractivity contribution in [1.82, 2.24) is 9.88 Å². The predicted molar refractivity (Wildman–Crippen MR) is 92.8 cm³/mol. The summed E-state index contributed by atoms with van der Waals surface area (Å²) < 4.78 is 13.4. The molecule has 1 aliphatic carbocycles. The molecular formula is C19H22ClFN2. The van der Waals surface area contributed by atoms with Gasteiger partial charge in [0.2, 0.25) is 0 Å². The number of alkyl halides is 1. The number of halogens is 2. The van der Waals surface area contributed by atoms with E-state index in [-0.39, 0.29) is 0 Å². The van der Waals surface area contributed by atoms with Gasteiger partial charge in [0, 0.05) is 41.9 Å². The standard InChI is InChI=1S/C19H22ClFN2/c20-19-10-15-11-22-7-5-14(15)9-18(19)13-1-3-17(4-2-13)23-8-6-16(21)12-23/h5,7,9-11,13,16-17H,1-4,6,8,12H2. The molecule has 1 unspecified atom stereocenters. The summed E-state index contributed by atoms with van der Waals surface area (Å²) in [5.41, 5.74) is 1.27. The van der Waals surface area contributed by atoms with E-state index in [1.807, 2.05) is 24.5 Å². The van der Waals surface area contributed by atoms with Gasteiger partial charge in [-0.25, -0.2) is 4.39 Å². The lowest BCUT2D eigenvalue weighted by molar-refractivity contribution is 0.170. The number of fused-ring (bicyclic) bond motifs is 1. The molecule has 1 aromatic heterocycles. The molecule has 1 aliphatic heterocycles. The zero-order valence-corrected chi connectivity index (χ0v) is 14.0. The Hall–Kier alpha value is -1.19. The molecule has 1 atom stereocenters. The van der Waals surface area contributed by atoms with E-state index >= 15 is 0 Å². The van der Waals surface area contributed by atoms with Gasteiger partial charge in [-0.3, -0.25) is 9.88 Å². The van der Waals surface area contributed by atoms with E-state index in [0.717, 1.165) is 42.6 Å². The van der Waals surface area contributed by atoms with Gasteiger partial charge in [-0.1, -0.05) is 11.6 Å². The first-order valence-electron chi connectivity index (χ1n) is 8.62. The average Bonchev–Trinajstić information content (AvgIpc) is 3.01. The normalized spacial score (nSPS) is 29.2. The van der Waals surface area contributed by atoms with Crippen LogP contribution in [0.2, 0.25) is 5.02 Å². The minimum absolute atomic E-state index is 0.528. The molecule has 0 bridgehead atoms. The molecule has 23 heavy (non-hydrogen) atoms. The Balaban J connectivity index is 1.49. The van der Waals surface area contributed by atoms with Crippen molar-refractivity contribution in [3.05, 3.63) is 41.2 Å². The molecule has 2 nitrogen and oxygen atoms in total. The van der Waals surface area contributed by atoms with Crippen LogP contribution in [0.15, 0.2) is 30.6 Å². The number of aromatic nitrogens is 1. The minimum Gasteiger partial charge on any atom is -0.297 e. The molecule has 2 heterocycles. The average molecular weight is 333 g/mol. The van der Waals surface area contributed by atoms with Crippen molar-refractivity contribution in [3.63, 3.8) is 0 Å². The molecule has 0 amide bonds. The minimum atomic E-state index is -0.615. The predicted octanol–water partition coefficient (Wildman–Crippen LogP) is 4.96. The van der Waals surface area contributed by atoms with Crippen LogP contribution >= 0.6 is 11.6 Å². The smallest absolute Gasteiger partial charge is 0.114 e. The highest BCUT2D eigenvalue weighted by Gasteiger charge is 2.32. The molecule has 0 radical (unpaired) electrons. The third-order valence-corrected chi connectivity index (χ3v) is 5.90. The second-order valence-corrected chi connectivity index (χ2v) is 7.39. The van der Waals surface area contributed by atoms with E-state index in [2.05, 4.69) is 16.0 Å². The van der Waals surface area contributed by atoms with Gasteiger partial charge in [-0.15, -0.1) is 0 Å². The Morgan fingerprint density at radius 3 is 2.65 bits per heavy atom. The maximum Gasteiger partial charge on any atom is 0.114 e. The van der Waals surface area contributed by atoms with E-state index in [0.29, 0.717) is 24.9 Å². The van der Waals surface area contributed by atoms with Crippen LogP contribution < -0.4 is 0 Å². The first kappa shape index (κ1) is 15.3. The Morgan fingerprint density at radius 1 is 1.09 bits per heavy atom. The molecule has 0 spiro atoms. The van der Waals surface area contributed by atoms with Gasteiger partial charge in [0.1, 0.15) is 6.17 Å². The molecule has 2 aromatic rings. The van der Waals surface area contributed by atoms with Crippen LogP contribution in [0.5, 0.6) is 0 Å². The van der Waals surface area contributed by atoms with Crippen LogP contribution in [0.25, 0.3) is 10.8 Å². The van der Waals surface area contributed by atoms with Gasteiger partial charge in [0.05, 0.1) is 0 Å². The highest BCUT2D eigenvalue weighted by molar-refractivity contribution is 6.32. The summed E-state index contributed by atoms with van der Waals surface area (Å²) in [4.78, 5) is 6.52. The number of pyridine rings is 1. The molecule has 1 aromatic carbocycles. The van der Waals surface area contributed by atoms with Crippen LogP contribution in [0, 0.1) is 0 Å². The summed E-state index contributed by atoms with van der Waals surface area (Å²) in [6.07, 6.45) is 8.40. The van der Waals surface area contributed by atoms with E-state index in [9.17, 15) is 4.39 Å². The number of benzene rings is 1. The van der Waals surface area contributed by atoms with Crippen LogP contribution in [-0.2, 0) is 0 Å². The van der Waals surface area contributed by atoms with Crippen molar-refractivity contribution in [3.8, 4) is 0 Å². The van der Waals surface area contributed by atoms with Gasteiger partial charge in [0.15, 0.2) is 0 Å². The maximum atomic E-state index is 13.4. The number of likely N-dealkylation sites (tertiary alicyclic amines) is 1. The van der Waals surface area contributed by atoms with Crippen LogP contribution in [-0.4, -0.2) is 35.2 Å². The van der Waals surface area contributed by atoms with Gasteiger partial charge >= 0.3 is 0 Å². The van der Waals surface area contributed by atoms with Crippen molar-refractivity contribution >= 4 is 22.4 Å². The summed E-state index contributed by atoms with van der Waals surface area (Å²) >= 11 is 6.53. The van der Waals surface area contributed by atoms with Crippen LogP contribution in [0.4, 0.5) is 4.39 Å². The highest BCUT2D eigenvalue weighted by Crippen LogP contribution is 2.39. The Labute approximate surface area is 141 Å². The monoisotopic (exact) mass is 332 g/mol. The SMILES string of the molecule is FC1CCN(C2CCC(c3cc4ccncc4cc3Cl)CC2)C1. The fourth-order valence-electron chi connectivity index (χ4n) is 4.27. The van der Waals surface area contributed by atoms with Crippen molar-refractivity contribution in [1.29, 1.82) is 0 Å². The fraction of sp³-hybridized carbons (Fsp3) is 0.526. The molecule has 4 rings (SSSR count). The second kappa shape index (κ2) is 6.37. The number of hydrogen-bond donors (Lipinski definition) is 0. The molecule has 1 saturated carbocycles. The summed E-state index contributed by atoms with van der Waals surface area (Å²) in [5, 5.41) is 3.17. The molecule has 4 heteroatoms. The van der Waals surface area contributed by atoms with Crippen molar-refractivity contribution in [2.75, 3.05) is 13.1 Å². The van der Waals surface area contributed by atoms with Crippen LogP contribution in [0.3, 0.4) is 0 Å². The zero-order chi connectivity index (χ0) is 15.8. The molecule has 122 valence electrons. The summed E-state index contributed by atoms with van der Waals surface area (Å²) in [5.74, 6) is 0.528. The van der Waals surface area contributed by atoms with Crippen molar-refractivity contribution < 1.29 is 4.39 Å². The number of rotatable bonds is 2. The lowest BCUT2D eigenvalue weighted by Crippen LogP contribution is -2.36. The Bertz CT molecular complexity index is 697. The number of hydrogen-bond acceptors (Lipinski definition) is 2. The lowest BCUT2D eigenvalue weighted by atomic mass is 9.81. The topological polar surface area (TPSA) is 16.1 Å². The van der Waals surface area contributed by atoms with Crippen molar-refractivity contribution in [2.24, 2.45) is 0 Å². The third-order valence-electron chi connectivity index (χ3n) is 5.57. The first-order chi connectivity index (χ1) is 11.2. The largest absolute Gasteiger partial charge is 0.297 e. The fourth-order valence-corrected chi connectivity index (χ4v) is 4.59. The molecule has 2 fully saturated rings. The van der Waals surface area contributed by atoms with Gasteiger partial charge in [0.25, 0.3) is 0 Å². The van der Waals surface area contributed by atoms with E-state index in [1.54, 1.807) is 0 Å². The molecule has 0 N–H and O–H groups in total. The lowest BCUT2D eigenvalue weighted by Gasteiger charge is -2.35. The number of nitrogens with zero attached hydrogens (tertiary/aromatic N) is 2.